The largest absolute Gasteiger partial charge is 0.462 e. The molecule has 0 radical (unpaired) electrons. The van der Waals surface area contributed by atoms with E-state index < -0.39 is 0 Å². The normalized spacial score (nSPS) is 11.9. The molecule has 0 spiro atoms. The van der Waals surface area contributed by atoms with Crippen LogP contribution >= 0.6 is 0 Å². The summed E-state index contributed by atoms with van der Waals surface area (Å²) in [5, 5.41) is 3.43. The van der Waals surface area contributed by atoms with Crippen molar-refractivity contribution >= 4 is 11.7 Å². The molecular formula is C16H25NO2. The highest BCUT2D eigenvalue weighted by Crippen LogP contribution is 2.13. The maximum Gasteiger partial charge on any atom is 0.338 e. The average molecular weight is 263 g/mol. The SMILES string of the molecule is CCCCC(C)Nc1ccc(C(=O)OCCC)cc1. The molecule has 1 N–H and O–H groups in total. The molecule has 1 atom stereocenters. The van der Waals surface area contributed by atoms with Gasteiger partial charge in [0.05, 0.1) is 12.2 Å². The number of rotatable bonds is 8. The van der Waals surface area contributed by atoms with Crippen molar-refractivity contribution in [2.75, 3.05) is 11.9 Å². The zero-order valence-corrected chi connectivity index (χ0v) is 12.2. The molecule has 0 amide bonds. The third kappa shape index (κ3) is 5.77. The molecule has 19 heavy (non-hydrogen) atoms. The minimum absolute atomic E-state index is 0.243. The maximum absolute atomic E-state index is 11.6. The van der Waals surface area contributed by atoms with Crippen LogP contribution in [0.1, 0.15) is 56.8 Å². The number of hydrogen-bond acceptors (Lipinski definition) is 3. The lowest BCUT2D eigenvalue weighted by molar-refractivity contribution is 0.0505. The fourth-order valence-corrected chi connectivity index (χ4v) is 1.85. The van der Waals surface area contributed by atoms with Crippen molar-refractivity contribution in [1.82, 2.24) is 0 Å². The summed E-state index contributed by atoms with van der Waals surface area (Å²) in [6.45, 7) is 6.84. The molecule has 106 valence electrons. The first-order chi connectivity index (χ1) is 9.17. The summed E-state index contributed by atoms with van der Waals surface area (Å²) >= 11 is 0. The topological polar surface area (TPSA) is 38.3 Å². The Hall–Kier alpha value is -1.51. The van der Waals surface area contributed by atoms with Crippen molar-refractivity contribution in [3.8, 4) is 0 Å². The molecule has 0 fully saturated rings. The van der Waals surface area contributed by atoms with Crippen LogP contribution in [-0.4, -0.2) is 18.6 Å². The Balaban J connectivity index is 2.49. The van der Waals surface area contributed by atoms with Gasteiger partial charge in [0.15, 0.2) is 0 Å². The van der Waals surface area contributed by atoms with Gasteiger partial charge in [-0.1, -0.05) is 26.7 Å². The average Bonchev–Trinajstić information content (AvgIpc) is 2.43. The number of anilines is 1. The van der Waals surface area contributed by atoms with Crippen molar-refractivity contribution in [2.45, 2.75) is 52.5 Å². The van der Waals surface area contributed by atoms with Crippen LogP contribution in [0.3, 0.4) is 0 Å². The van der Waals surface area contributed by atoms with Crippen LogP contribution in [0.5, 0.6) is 0 Å². The van der Waals surface area contributed by atoms with E-state index in [1.165, 1.54) is 12.8 Å². The van der Waals surface area contributed by atoms with Crippen molar-refractivity contribution in [3.05, 3.63) is 29.8 Å². The van der Waals surface area contributed by atoms with Gasteiger partial charge in [0, 0.05) is 11.7 Å². The van der Waals surface area contributed by atoms with Crippen molar-refractivity contribution in [3.63, 3.8) is 0 Å². The lowest BCUT2D eigenvalue weighted by Crippen LogP contribution is -2.14. The molecule has 0 aliphatic carbocycles. The van der Waals surface area contributed by atoms with Gasteiger partial charge in [0.25, 0.3) is 0 Å². The molecule has 0 saturated heterocycles. The molecule has 0 aromatic heterocycles. The number of hydrogen-bond donors (Lipinski definition) is 1. The summed E-state index contributed by atoms with van der Waals surface area (Å²) in [5.41, 5.74) is 1.66. The van der Waals surface area contributed by atoms with Gasteiger partial charge in [-0.3, -0.25) is 0 Å². The van der Waals surface area contributed by atoms with E-state index in [0.29, 0.717) is 18.2 Å². The van der Waals surface area contributed by atoms with Crippen LogP contribution in [-0.2, 0) is 4.74 Å². The number of benzene rings is 1. The first-order valence-corrected chi connectivity index (χ1v) is 7.21. The second kappa shape index (κ2) is 8.57. The molecule has 1 aromatic carbocycles. The lowest BCUT2D eigenvalue weighted by Gasteiger charge is -2.15. The zero-order valence-electron chi connectivity index (χ0n) is 12.2. The number of nitrogens with one attached hydrogen (secondary N) is 1. The van der Waals surface area contributed by atoms with Crippen LogP contribution < -0.4 is 5.32 Å². The first-order valence-electron chi connectivity index (χ1n) is 7.21. The van der Waals surface area contributed by atoms with Gasteiger partial charge >= 0.3 is 5.97 Å². The first kappa shape index (κ1) is 15.5. The maximum atomic E-state index is 11.6. The van der Waals surface area contributed by atoms with Gasteiger partial charge < -0.3 is 10.1 Å². The van der Waals surface area contributed by atoms with Crippen LogP contribution in [0.15, 0.2) is 24.3 Å². The fraction of sp³-hybridized carbons (Fsp3) is 0.562. The van der Waals surface area contributed by atoms with Gasteiger partial charge in [0.1, 0.15) is 0 Å². The minimum atomic E-state index is -0.243. The molecule has 1 unspecified atom stereocenters. The van der Waals surface area contributed by atoms with E-state index in [1.807, 2.05) is 31.2 Å². The van der Waals surface area contributed by atoms with Crippen LogP contribution in [0.25, 0.3) is 0 Å². The third-order valence-corrected chi connectivity index (χ3v) is 2.96. The smallest absolute Gasteiger partial charge is 0.338 e. The van der Waals surface area contributed by atoms with E-state index in [0.717, 1.165) is 18.5 Å². The minimum Gasteiger partial charge on any atom is -0.462 e. The quantitative estimate of drug-likeness (QED) is 0.713. The molecule has 1 aromatic rings. The Morgan fingerprint density at radius 1 is 1.21 bits per heavy atom. The Labute approximate surface area is 116 Å². The van der Waals surface area contributed by atoms with Crippen LogP contribution in [0.2, 0.25) is 0 Å². The van der Waals surface area contributed by atoms with Gasteiger partial charge in [-0.25, -0.2) is 4.79 Å². The molecule has 0 aliphatic rings. The van der Waals surface area contributed by atoms with Crippen LogP contribution in [0.4, 0.5) is 5.69 Å². The highest BCUT2D eigenvalue weighted by Gasteiger charge is 2.07. The summed E-state index contributed by atoms with van der Waals surface area (Å²) in [7, 11) is 0. The molecular weight excluding hydrogens is 238 g/mol. The molecule has 3 nitrogen and oxygen atoms in total. The Bertz CT molecular complexity index is 373. The Morgan fingerprint density at radius 2 is 1.89 bits per heavy atom. The molecule has 0 heterocycles. The lowest BCUT2D eigenvalue weighted by atomic mass is 10.1. The predicted octanol–water partition coefficient (Wildman–Crippen LogP) is 4.24. The third-order valence-electron chi connectivity index (χ3n) is 2.96. The summed E-state index contributed by atoms with van der Waals surface area (Å²) in [6.07, 6.45) is 4.46. The Kier molecular flexibility index (Phi) is 7.01. The molecule has 0 bridgehead atoms. The predicted molar refractivity (Wildman–Crippen MR) is 79.6 cm³/mol. The monoisotopic (exact) mass is 263 g/mol. The van der Waals surface area contributed by atoms with Crippen molar-refractivity contribution in [1.29, 1.82) is 0 Å². The number of carbonyl (C=O) groups is 1. The standard InChI is InChI=1S/C16H25NO2/c1-4-6-7-13(3)17-15-10-8-14(9-11-15)16(18)19-12-5-2/h8-11,13,17H,4-7,12H2,1-3H3. The summed E-state index contributed by atoms with van der Waals surface area (Å²) in [4.78, 5) is 11.6. The van der Waals surface area contributed by atoms with E-state index in [9.17, 15) is 4.79 Å². The number of carbonyl (C=O) groups excluding carboxylic acids is 1. The zero-order chi connectivity index (χ0) is 14.1. The van der Waals surface area contributed by atoms with E-state index >= 15 is 0 Å². The summed E-state index contributed by atoms with van der Waals surface area (Å²) in [6, 6.07) is 7.95. The van der Waals surface area contributed by atoms with E-state index in [-0.39, 0.29) is 5.97 Å². The van der Waals surface area contributed by atoms with Crippen molar-refractivity contribution < 1.29 is 9.53 Å². The van der Waals surface area contributed by atoms with E-state index in [1.54, 1.807) is 0 Å². The summed E-state index contributed by atoms with van der Waals surface area (Å²) in [5.74, 6) is -0.243. The second-order valence-electron chi connectivity index (χ2n) is 4.90. The molecule has 0 saturated carbocycles. The molecule has 0 aliphatic heterocycles. The van der Waals surface area contributed by atoms with Gasteiger partial charge in [0.2, 0.25) is 0 Å². The van der Waals surface area contributed by atoms with Crippen molar-refractivity contribution in [2.24, 2.45) is 0 Å². The molecule has 3 heteroatoms. The number of unbranched alkanes of at least 4 members (excludes halogenated alkanes) is 1. The highest BCUT2D eigenvalue weighted by atomic mass is 16.5. The highest BCUT2D eigenvalue weighted by molar-refractivity contribution is 5.89. The van der Waals surface area contributed by atoms with Gasteiger partial charge in [-0.2, -0.15) is 0 Å². The summed E-state index contributed by atoms with van der Waals surface area (Å²) < 4.78 is 5.09. The van der Waals surface area contributed by atoms with E-state index in [2.05, 4.69) is 19.2 Å². The number of ether oxygens (including phenoxy) is 1. The fourth-order valence-electron chi connectivity index (χ4n) is 1.85. The molecule has 1 rings (SSSR count). The van der Waals surface area contributed by atoms with Crippen LogP contribution in [0, 0.1) is 0 Å². The number of esters is 1. The Morgan fingerprint density at radius 3 is 2.47 bits per heavy atom. The second-order valence-corrected chi connectivity index (χ2v) is 4.90. The van der Waals surface area contributed by atoms with Gasteiger partial charge in [-0.05, 0) is 44.0 Å². The van der Waals surface area contributed by atoms with Gasteiger partial charge in [-0.15, -0.1) is 0 Å². The van der Waals surface area contributed by atoms with E-state index in [4.69, 9.17) is 4.74 Å².